The maximum atomic E-state index is 7.00. The molecule has 58 heavy (non-hydrogen) atoms. The zero-order valence-electron chi connectivity index (χ0n) is 29.7. The monoisotopic (exact) mass is 874 g/mol. The normalized spacial score (nSPS) is 11.8. The van der Waals surface area contributed by atoms with Crippen LogP contribution in [0.25, 0.3) is 87.0 Å². The summed E-state index contributed by atoms with van der Waals surface area (Å²) in [6.07, 6.45) is 0. The summed E-state index contributed by atoms with van der Waals surface area (Å²) in [5.41, 5.74) is 1.72. The van der Waals surface area contributed by atoms with E-state index in [1.165, 1.54) is 0 Å². The van der Waals surface area contributed by atoms with E-state index >= 15 is 0 Å². The van der Waals surface area contributed by atoms with Crippen molar-refractivity contribution in [3.8, 4) is 11.5 Å². The second-order valence-corrected chi connectivity index (χ2v) is 17.2. The van der Waals surface area contributed by atoms with E-state index in [4.69, 9.17) is 72.2 Å². The van der Waals surface area contributed by atoms with Gasteiger partial charge >= 0.3 is 16.5 Å². The standard InChI is InChI=1S/C46H24Cl4O6P2/c47-35-20-25-10-1-5-16-31(25)39-40-32-17-6-2-11-26(32)21-36(48)44(40)54-57(53-43(35)39)51-29-14-9-15-30(24-29)52-58-55-45-37(49)22-27-12-3-7-18-33(27)41(45)42-34-19-8-4-13-28(34)23-38(50)46(42)56-58/h1-24H. The molecule has 6 nitrogen and oxygen atoms in total. The zero-order chi connectivity index (χ0) is 39.1. The molecule has 282 valence electrons. The van der Waals surface area contributed by atoms with E-state index in [1.807, 2.05) is 121 Å². The van der Waals surface area contributed by atoms with Gasteiger partial charge in [-0.2, -0.15) is 0 Å². The third-order valence-electron chi connectivity index (χ3n) is 10.2. The Morgan fingerprint density at radius 1 is 0.328 bits per heavy atom. The molecule has 0 radical (unpaired) electrons. The predicted molar refractivity (Wildman–Crippen MR) is 241 cm³/mol. The van der Waals surface area contributed by atoms with Gasteiger partial charge in [-0.15, -0.1) is 0 Å². The van der Waals surface area contributed by atoms with Gasteiger partial charge in [0.2, 0.25) is 0 Å². The number of fused-ring (bicyclic) bond motifs is 14. The van der Waals surface area contributed by atoms with E-state index in [0.29, 0.717) is 53.9 Å². The lowest BCUT2D eigenvalue weighted by molar-refractivity contribution is 0.486. The Labute approximate surface area is 350 Å². The molecule has 12 heteroatoms. The van der Waals surface area contributed by atoms with E-state index in [1.54, 1.807) is 24.3 Å². The molecular formula is C46H24Cl4O6P2. The van der Waals surface area contributed by atoms with Crippen molar-refractivity contribution in [3.05, 3.63) is 166 Å². The summed E-state index contributed by atoms with van der Waals surface area (Å²) in [7, 11) is -4.31. The van der Waals surface area contributed by atoms with Crippen molar-refractivity contribution < 1.29 is 25.8 Å². The minimum atomic E-state index is -2.16. The third-order valence-corrected chi connectivity index (χ3v) is 13.3. The van der Waals surface area contributed by atoms with Crippen LogP contribution in [0.3, 0.4) is 0 Å². The molecule has 0 aliphatic heterocycles. The van der Waals surface area contributed by atoms with Crippen LogP contribution in [-0.2, 0) is 0 Å². The van der Waals surface area contributed by atoms with Crippen LogP contribution in [0.4, 0.5) is 0 Å². The van der Waals surface area contributed by atoms with Crippen molar-refractivity contribution in [1.29, 1.82) is 0 Å². The molecule has 0 bridgehead atoms. The Morgan fingerprint density at radius 3 is 0.897 bits per heavy atom. The van der Waals surface area contributed by atoms with Crippen LogP contribution in [0.1, 0.15) is 0 Å². The van der Waals surface area contributed by atoms with Gasteiger partial charge in [-0.25, -0.2) is 0 Å². The number of benzene rings is 9. The molecule has 0 spiro atoms. The first-order valence-electron chi connectivity index (χ1n) is 18.0. The quantitative estimate of drug-likeness (QED) is 0.175. The molecule has 2 aromatic heterocycles. The van der Waals surface area contributed by atoms with E-state index in [9.17, 15) is 0 Å². The lowest BCUT2D eigenvalue weighted by Gasteiger charge is -2.07. The maximum absolute atomic E-state index is 7.00. The summed E-state index contributed by atoms with van der Waals surface area (Å²) in [4.78, 5) is 0. The van der Waals surface area contributed by atoms with Crippen molar-refractivity contribution in [2.24, 2.45) is 0 Å². The SMILES string of the molecule is Clc1cc2ccccc2c2c1op(Oc1cccc(Op3oc4c(Cl)cc5ccccc5c4c4c(o3)c(Cl)cc3ccccc34)c1)oc1c(Cl)cc3ccccc3c12. The van der Waals surface area contributed by atoms with E-state index in [-0.39, 0.29) is 0 Å². The van der Waals surface area contributed by atoms with E-state index in [2.05, 4.69) is 0 Å². The smallest absolute Gasteiger partial charge is 0.391 e. The van der Waals surface area contributed by atoms with Crippen LogP contribution in [-0.4, -0.2) is 0 Å². The fourth-order valence-corrected chi connectivity index (χ4v) is 11.1. The summed E-state index contributed by atoms with van der Waals surface area (Å²) in [6.45, 7) is 0. The van der Waals surface area contributed by atoms with Gasteiger partial charge < -0.3 is 25.8 Å². The molecular weight excluding hydrogens is 852 g/mol. The average Bonchev–Trinajstić information content (AvgIpc) is 3.52. The molecule has 0 amide bonds. The van der Waals surface area contributed by atoms with Crippen molar-refractivity contribution in [2.75, 3.05) is 0 Å². The van der Waals surface area contributed by atoms with Gasteiger partial charge in [0.05, 0.1) is 20.1 Å². The van der Waals surface area contributed by atoms with Crippen LogP contribution >= 0.6 is 62.9 Å². The Morgan fingerprint density at radius 2 is 0.603 bits per heavy atom. The molecule has 9 aromatic carbocycles. The van der Waals surface area contributed by atoms with Gasteiger partial charge in [-0.05, 0) is 79.5 Å². The molecule has 0 N–H and O–H groups in total. The molecule has 0 atom stereocenters. The summed E-state index contributed by atoms with van der Waals surface area (Å²) < 4.78 is 39.3. The Hall–Kier alpha value is -5.42. The first-order chi connectivity index (χ1) is 28.4. The second kappa shape index (κ2) is 14.1. The van der Waals surface area contributed by atoms with Crippen LogP contribution in [0.15, 0.2) is 162 Å². The predicted octanol–water partition coefficient (Wildman–Crippen LogP) is 17.8. The van der Waals surface area contributed by atoms with E-state index < -0.39 is 16.5 Å². The lowest BCUT2D eigenvalue weighted by Crippen LogP contribution is -1.83. The molecule has 0 saturated heterocycles. The summed E-state index contributed by atoms with van der Waals surface area (Å²) in [6, 6.07) is 46.5. The van der Waals surface area contributed by atoms with Gasteiger partial charge in [0, 0.05) is 27.6 Å². The Balaban J connectivity index is 1.09. The second-order valence-electron chi connectivity index (χ2n) is 13.6. The summed E-state index contributed by atoms with van der Waals surface area (Å²) in [5.74, 6) is 0.780. The fourth-order valence-electron chi connectivity index (χ4n) is 7.70. The van der Waals surface area contributed by atoms with Crippen LogP contribution in [0.5, 0.6) is 11.5 Å². The first-order valence-corrected chi connectivity index (χ1v) is 21.7. The zero-order valence-corrected chi connectivity index (χ0v) is 34.5. The largest absolute Gasteiger partial charge is 0.453 e. The minimum absolute atomic E-state index is 0.390. The fraction of sp³-hybridized carbons (Fsp3) is 0. The summed E-state index contributed by atoms with van der Waals surface area (Å²) in [5, 5.41) is 12.2. The molecule has 0 aliphatic carbocycles. The van der Waals surface area contributed by atoms with Crippen molar-refractivity contribution in [3.63, 3.8) is 0 Å². The summed E-state index contributed by atoms with van der Waals surface area (Å²) >= 11 is 28.0. The lowest BCUT2D eigenvalue weighted by atomic mass is 9.98. The van der Waals surface area contributed by atoms with Gasteiger partial charge in [0.1, 0.15) is 11.5 Å². The molecule has 11 rings (SSSR count). The first kappa shape index (κ1) is 35.7. The van der Waals surface area contributed by atoms with Crippen LogP contribution < -0.4 is 9.05 Å². The molecule has 0 fully saturated rings. The highest BCUT2D eigenvalue weighted by atomic mass is 35.5. The van der Waals surface area contributed by atoms with Crippen LogP contribution in [0, 0.1) is 0 Å². The molecule has 0 saturated carbocycles. The van der Waals surface area contributed by atoms with Gasteiger partial charge in [-0.3, -0.25) is 0 Å². The number of halogens is 4. The molecule has 11 aromatic rings. The third kappa shape index (κ3) is 5.95. The van der Waals surface area contributed by atoms with E-state index in [0.717, 1.165) is 64.6 Å². The van der Waals surface area contributed by atoms with Crippen molar-refractivity contribution >= 4 is 150 Å². The number of hydrogen-bond acceptors (Lipinski definition) is 6. The highest BCUT2D eigenvalue weighted by molar-refractivity contribution is 7.32. The van der Waals surface area contributed by atoms with Gasteiger partial charge in [0.15, 0.2) is 22.3 Å². The Kier molecular flexibility index (Phi) is 8.71. The molecule has 0 aliphatic rings. The van der Waals surface area contributed by atoms with Crippen molar-refractivity contribution in [1.82, 2.24) is 0 Å². The highest BCUT2D eigenvalue weighted by Crippen LogP contribution is 2.49. The van der Waals surface area contributed by atoms with Crippen LogP contribution in [0.2, 0.25) is 20.1 Å². The molecule has 0 unspecified atom stereocenters. The van der Waals surface area contributed by atoms with Gasteiger partial charge in [-0.1, -0.05) is 150 Å². The topological polar surface area (TPSA) is 71.0 Å². The average molecular weight is 876 g/mol. The minimum Gasteiger partial charge on any atom is -0.391 e. The Bertz CT molecular complexity index is 3160. The van der Waals surface area contributed by atoms with Gasteiger partial charge in [0.25, 0.3) is 0 Å². The van der Waals surface area contributed by atoms with Crippen molar-refractivity contribution in [2.45, 2.75) is 0 Å². The molecule has 2 heterocycles. The maximum Gasteiger partial charge on any atom is 0.453 e. The number of rotatable bonds is 4. The highest BCUT2D eigenvalue weighted by Gasteiger charge is 2.21. The number of hydrogen-bond donors (Lipinski definition) is 0.